The van der Waals surface area contributed by atoms with Crippen molar-refractivity contribution in [3.63, 3.8) is 0 Å². The van der Waals surface area contributed by atoms with E-state index in [9.17, 15) is 15.0 Å². The largest absolute Gasteiger partial charge is 0.478 e. The summed E-state index contributed by atoms with van der Waals surface area (Å²) in [4.78, 5) is 16.2. The number of para-hydroxylation sites is 1. The molecule has 0 atom stereocenters. The Morgan fingerprint density at radius 3 is 2.55 bits per heavy atom. The fraction of sp³-hybridized carbons (Fsp3) is 0.393. The quantitative estimate of drug-likeness (QED) is 0.247. The molecular formula is C28H27Cl2N3O4S. The molecule has 0 aliphatic heterocycles. The Hall–Kier alpha value is -2.49. The van der Waals surface area contributed by atoms with Gasteiger partial charge >= 0.3 is 5.97 Å². The number of nitrogens with zero attached hydrogens (tertiary/aromatic N) is 3. The number of carboxylic acids is 1. The third-order valence-corrected chi connectivity index (χ3v) is 9.42. The molecule has 2 saturated carbocycles. The van der Waals surface area contributed by atoms with Gasteiger partial charge in [0.2, 0.25) is 0 Å². The van der Waals surface area contributed by atoms with Crippen LogP contribution in [0.25, 0.3) is 15.9 Å². The minimum atomic E-state index is -1.05. The summed E-state index contributed by atoms with van der Waals surface area (Å²) >= 11 is 14.4. The van der Waals surface area contributed by atoms with Crippen molar-refractivity contribution in [3.8, 4) is 5.69 Å². The first-order valence-corrected chi connectivity index (χ1v) is 14.3. The number of benzene rings is 2. The Bertz CT molecular complexity index is 1520. The maximum absolute atomic E-state index is 11.5. The second-order valence-corrected chi connectivity index (χ2v) is 12.2. The number of carbonyl (C=O) groups is 1. The van der Waals surface area contributed by atoms with E-state index in [0.717, 1.165) is 34.3 Å². The van der Waals surface area contributed by atoms with E-state index in [-0.39, 0.29) is 11.7 Å². The highest BCUT2D eigenvalue weighted by Crippen LogP contribution is 2.44. The van der Waals surface area contributed by atoms with Crippen LogP contribution in [0.3, 0.4) is 0 Å². The molecule has 0 amide bonds. The zero-order valence-corrected chi connectivity index (χ0v) is 23.1. The minimum absolute atomic E-state index is 0.0119. The van der Waals surface area contributed by atoms with Crippen LogP contribution in [-0.2, 0) is 16.9 Å². The number of hydrogen-bond donors (Lipinski definition) is 2. The van der Waals surface area contributed by atoms with Gasteiger partial charge in [-0.1, -0.05) is 29.3 Å². The summed E-state index contributed by atoms with van der Waals surface area (Å²) in [6, 6.07) is 8.69. The van der Waals surface area contributed by atoms with Gasteiger partial charge in [0, 0.05) is 0 Å². The SMILES string of the molecule is Cc1cc(C(=O)O)cc2sc(C3(O)CCC(OCc4c(C5CC5)cnn4-c4c(Cl)cccc4Cl)CC3)nc12. The second-order valence-electron chi connectivity index (χ2n) is 10.3. The van der Waals surface area contributed by atoms with Crippen LogP contribution in [0.1, 0.15) is 76.6 Å². The Morgan fingerprint density at radius 2 is 1.89 bits per heavy atom. The lowest BCUT2D eigenvalue weighted by molar-refractivity contribution is -0.0648. The van der Waals surface area contributed by atoms with Gasteiger partial charge < -0.3 is 14.9 Å². The average molecular weight is 573 g/mol. The first-order chi connectivity index (χ1) is 18.2. The number of aliphatic hydroxyl groups is 1. The van der Waals surface area contributed by atoms with Crippen molar-refractivity contribution in [1.82, 2.24) is 14.8 Å². The van der Waals surface area contributed by atoms with Gasteiger partial charge in [-0.3, -0.25) is 0 Å². The first kappa shape index (κ1) is 25.8. The molecule has 2 heterocycles. The van der Waals surface area contributed by atoms with Crippen molar-refractivity contribution in [2.45, 2.75) is 69.7 Å². The summed E-state index contributed by atoms with van der Waals surface area (Å²) in [5, 5.41) is 27.2. The molecule has 38 heavy (non-hydrogen) atoms. The number of thiazole rings is 1. The molecule has 0 saturated heterocycles. The van der Waals surface area contributed by atoms with Crippen molar-refractivity contribution >= 4 is 50.7 Å². The molecule has 6 rings (SSSR count). The average Bonchev–Trinajstić information content (AvgIpc) is 3.48. The Morgan fingerprint density at radius 1 is 1.18 bits per heavy atom. The van der Waals surface area contributed by atoms with E-state index >= 15 is 0 Å². The summed E-state index contributed by atoms with van der Waals surface area (Å²) in [6.45, 7) is 2.23. The summed E-state index contributed by atoms with van der Waals surface area (Å²) < 4.78 is 8.99. The van der Waals surface area contributed by atoms with Crippen LogP contribution in [-0.4, -0.2) is 37.1 Å². The van der Waals surface area contributed by atoms with Crippen molar-refractivity contribution in [2.24, 2.45) is 0 Å². The van der Waals surface area contributed by atoms with E-state index in [2.05, 4.69) is 5.10 Å². The number of fused-ring (bicyclic) bond motifs is 1. The molecule has 7 nitrogen and oxygen atoms in total. The zero-order chi connectivity index (χ0) is 26.6. The van der Waals surface area contributed by atoms with E-state index < -0.39 is 11.6 Å². The van der Waals surface area contributed by atoms with E-state index in [1.54, 1.807) is 24.3 Å². The molecule has 2 aliphatic carbocycles. The predicted molar refractivity (Wildman–Crippen MR) is 148 cm³/mol. The van der Waals surface area contributed by atoms with Gasteiger partial charge in [0.25, 0.3) is 0 Å². The molecule has 0 radical (unpaired) electrons. The molecule has 4 aromatic rings. The Balaban J connectivity index is 1.18. The third-order valence-electron chi connectivity index (χ3n) is 7.61. The van der Waals surface area contributed by atoms with Gasteiger partial charge in [-0.2, -0.15) is 5.10 Å². The molecule has 2 aliphatic rings. The highest BCUT2D eigenvalue weighted by Gasteiger charge is 2.38. The predicted octanol–water partition coefficient (Wildman–Crippen LogP) is 7.02. The van der Waals surface area contributed by atoms with Crippen LogP contribution < -0.4 is 0 Å². The molecular weight excluding hydrogens is 545 g/mol. The van der Waals surface area contributed by atoms with Gasteiger partial charge in [-0.25, -0.2) is 14.5 Å². The number of aryl methyl sites for hydroxylation is 1. The van der Waals surface area contributed by atoms with Crippen LogP contribution in [0.15, 0.2) is 36.5 Å². The highest BCUT2D eigenvalue weighted by molar-refractivity contribution is 7.18. The molecule has 0 spiro atoms. The number of halogens is 2. The van der Waals surface area contributed by atoms with Crippen molar-refractivity contribution < 1.29 is 19.7 Å². The molecule has 198 valence electrons. The summed E-state index contributed by atoms with van der Waals surface area (Å²) in [7, 11) is 0. The van der Waals surface area contributed by atoms with E-state index in [1.165, 1.54) is 16.9 Å². The number of ether oxygens (including phenoxy) is 1. The molecule has 2 N–H and O–H groups in total. The maximum atomic E-state index is 11.5. The minimum Gasteiger partial charge on any atom is -0.478 e. The lowest BCUT2D eigenvalue weighted by Gasteiger charge is -2.34. The van der Waals surface area contributed by atoms with E-state index in [1.807, 2.05) is 23.9 Å². The van der Waals surface area contributed by atoms with Crippen LogP contribution >= 0.6 is 34.5 Å². The van der Waals surface area contributed by atoms with Crippen molar-refractivity contribution in [3.05, 3.63) is 74.0 Å². The lowest BCUT2D eigenvalue weighted by Crippen LogP contribution is -2.34. The molecule has 0 bridgehead atoms. The maximum Gasteiger partial charge on any atom is 0.335 e. The van der Waals surface area contributed by atoms with E-state index in [0.29, 0.717) is 58.9 Å². The summed E-state index contributed by atoms with van der Waals surface area (Å²) in [6.07, 6.45) is 6.59. The van der Waals surface area contributed by atoms with Gasteiger partial charge in [0.05, 0.1) is 50.4 Å². The van der Waals surface area contributed by atoms with E-state index in [4.69, 9.17) is 32.9 Å². The van der Waals surface area contributed by atoms with Crippen LogP contribution in [0.2, 0.25) is 10.0 Å². The fourth-order valence-corrected chi connectivity index (χ4v) is 7.10. The second kappa shape index (κ2) is 9.92. The number of hydrogen-bond acceptors (Lipinski definition) is 6. The summed E-state index contributed by atoms with van der Waals surface area (Å²) in [5.41, 5.74) is 3.54. The normalized spacial score (nSPS) is 21.7. The number of carboxylic acid groups (broad SMARTS) is 1. The van der Waals surface area contributed by atoms with Crippen LogP contribution in [0, 0.1) is 6.92 Å². The van der Waals surface area contributed by atoms with Gasteiger partial charge in [-0.15, -0.1) is 11.3 Å². The molecule has 2 fully saturated rings. The molecule has 0 unspecified atom stereocenters. The molecule has 2 aromatic carbocycles. The van der Waals surface area contributed by atoms with Gasteiger partial charge in [-0.05, 0) is 86.8 Å². The van der Waals surface area contributed by atoms with Crippen LogP contribution in [0.4, 0.5) is 0 Å². The van der Waals surface area contributed by atoms with Crippen molar-refractivity contribution in [1.29, 1.82) is 0 Å². The van der Waals surface area contributed by atoms with Gasteiger partial charge in [0.15, 0.2) is 0 Å². The molecule has 10 heteroatoms. The lowest BCUT2D eigenvalue weighted by atomic mass is 9.83. The number of aromatic carboxylic acids is 1. The zero-order valence-electron chi connectivity index (χ0n) is 20.8. The number of rotatable bonds is 7. The Labute approximate surface area is 234 Å². The standard InChI is InChI=1S/C28H27Cl2N3O4S/c1-15-11-17(26(34)35)12-23-24(15)32-27(38-23)28(36)9-7-18(8-10-28)37-14-22-19(16-5-6-16)13-31-33(22)25-20(29)3-2-4-21(25)30/h2-4,11-13,16,18,36H,5-10,14H2,1H3,(H,34,35). The monoisotopic (exact) mass is 571 g/mol. The smallest absolute Gasteiger partial charge is 0.335 e. The van der Waals surface area contributed by atoms with Crippen molar-refractivity contribution in [2.75, 3.05) is 0 Å². The van der Waals surface area contributed by atoms with Crippen LogP contribution in [0.5, 0.6) is 0 Å². The number of aromatic nitrogens is 3. The first-order valence-electron chi connectivity index (χ1n) is 12.7. The molecule has 2 aromatic heterocycles. The highest BCUT2D eigenvalue weighted by atomic mass is 35.5. The van der Waals surface area contributed by atoms with Gasteiger partial charge in [0.1, 0.15) is 16.3 Å². The fourth-order valence-electron chi connectivity index (χ4n) is 5.32. The third kappa shape index (κ3) is 4.73. The Kier molecular flexibility index (Phi) is 6.73. The summed E-state index contributed by atoms with van der Waals surface area (Å²) in [5.74, 6) is -0.478. The topological polar surface area (TPSA) is 97.5 Å².